The van der Waals surface area contributed by atoms with Gasteiger partial charge in [-0.25, -0.2) is 0 Å². The van der Waals surface area contributed by atoms with E-state index in [1.165, 1.54) is 29.5 Å². The van der Waals surface area contributed by atoms with E-state index in [0.717, 1.165) is 61.2 Å². The first-order chi connectivity index (χ1) is 16.0. The van der Waals surface area contributed by atoms with Gasteiger partial charge < -0.3 is 24.5 Å². The Morgan fingerprint density at radius 3 is 2.88 bits per heavy atom. The van der Waals surface area contributed by atoms with Gasteiger partial charge in [-0.1, -0.05) is 26.3 Å². The lowest BCUT2D eigenvalue weighted by Crippen LogP contribution is -2.24. The molecule has 7 heteroatoms. The number of aldehydes is 1. The van der Waals surface area contributed by atoms with E-state index in [0.29, 0.717) is 12.0 Å². The highest BCUT2D eigenvalue weighted by Gasteiger charge is 2.31. The number of likely N-dealkylation sites (N-methyl/N-ethyl adjacent to an activating group) is 1. The third-order valence-corrected chi connectivity index (χ3v) is 7.24. The number of hydrogen-bond acceptors (Lipinski definition) is 5. The zero-order valence-electron chi connectivity index (χ0n) is 20.0. The van der Waals surface area contributed by atoms with E-state index in [1.807, 2.05) is 7.05 Å². The molecule has 178 valence electrons. The van der Waals surface area contributed by atoms with Gasteiger partial charge in [0.2, 0.25) is 0 Å². The molecule has 2 atom stereocenters. The molecule has 1 saturated heterocycles. The maximum Gasteiger partial charge on any atom is 0.148 e. The number of nitrogens with zero attached hydrogens (tertiary/aromatic N) is 2. The number of carbonyl (C=O) groups is 1. The van der Waals surface area contributed by atoms with Gasteiger partial charge in [0.1, 0.15) is 18.1 Å². The van der Waals surface area contributed by atoms with Crippen LogP contribution in [0.1, 0.15) is 50.8 Å². The summed E-state index contributed by atoms with van der Waals surface area (Å²) in [4.78, 5) is 15.5. The van der Waals surface area contributed by atoms with Crippen LogP contribution >= 0.6 is 0 Å². The smallest absolute Gasteiger partial charge is 0.148 e. The second kappa shape index (κ2) is 10.1. The first-order valence-electron chi connectivity index (χ1n) is 12.0. The monoisotopic (exact) mass is 452 g/mol. The van der Waals surface area contributed by atoms with Crippen molar-refractivity contribution >= 4 is 22.9 Å². The van der Waals surface area contributed by atoms with Gasteiger partial charge in [0.05, 0.1) is 12.3 Å². The Morgan fingerprint density at radius 1 is 1.36 bits per heavy atom. The third-order valence-electron chi connectivity index (χ3n) is 7.24. The lowest BCUT2D eigenvalue weighted by atomic mass is 9.73. The molecule has 5 rings (SSSR count). The standard InChI is InChI=1S/C21H28N4O.C5H8O2/c1-4-21(2)8-7-16-19(13-21)23-24-20(16)18-11-14-5-6-15(12-17(14)22-18)25(3)9-10-26;6-4-5-2-1-3-7-5/h5-6,11-12,22,26H,4,7-10,13H2,1-3H3,(H,23,24);4-5H,1-3H2. The van der Waals surface area contributed by atoms with Crippen LogP contribution in [0.3, 0.4) is 0 Å². The lowest BCUT2D eigenvalue weighted by Gasteiger charge is -2.32. The molecule has 3 aromatic rings. The molecule has 2 aliphatic rings. The molecule has 2 unspecified atom stereocenters. The molecule has 1 aliphatic heterocycles. The van der Waals surface area contributed by atoms with Gasteiger partial charge in [-0.05, 0) is 55.7 Å². The summed E-state index contributed by atoms with van der Waals surface area (Å²) in [6.07, 6.45) is 7.35. The maximum absolute atomic E-state index is 9.88. The average molecular weight is 453 g/mol. The molecule has 3 heterocycles. The number of rotatable bonds is 6. The number of aromatic amines is 2. The van der Waals surface area contributed by atoms with Crippen LogP contribution < -0.4 is 4.90 Å². The molecule has 33 heavy (non-hydrogen) atoms. The zero-order valence-corrected chi connectivity index (χ0v) is 20.0. The Morgan fingerprint density at radius 2 is 2.21 bits per heavy atom. The Hall–Kier alpha value is -2.64. The van der Waals surface area contributed by atoms with E-state index < -0.39 is 0 Å². The maximum atomic E-state index is 9.88. The van der Waals surface area contributed by atoms with Crippen LogP contribution in [-0.2, 0) is 22.4 Å². The number of aliphatic hydroxyl groups is 1. The normalized spacial score (nSPS) is 22.0. The van der Waals surface area contributed by atoms with Crippen molar-refractivity contribution in [2.75, 3.05) is 31.7 Å². The number of nitrogens with one attached hydrogen (secondary N) is 2. The Kier molecular flexibility index (Phi) is 7.20. The van der Waals surface area contributed by atoms with Crippen molar-refractivity contribution in [3.05, 3.63) is 35.5 Å². The average Bonchev–Trinajstić information content (AvgIpc) is 3.57. The van der Waals surface area contributed by atoms with Gasteiger partial charge in [0, 0.05) is 48.0 Å². The number of benzene rings is 1. The lowest BCUT2D eigenvalue weighted by molar-refractivity contribution is -0.115. The number of ether oxygens (including phenoxy) is 1. The fraction of sp³-hybridized carbons (Fsp3) is 0.538. The molecule has 0 amide bonds. The van der Waals surface area contributed by atoms with E-state index in [-0.39, 0.29) is 12.7 Å². The predicted molar refractivity (Wildman–Crippen MR) is 132 cm³/mol. The second-order valence-corrected chi connectivity index (χ2v) is 9.66. The summed E-state index contributed by atoms with van der Waals surface area (Å²) in [6.45, 7) is 6.21. The minimum absolute atomic E-state index is 0.0833. The number of carbonyl (C=O) groups excluding carboxylic acids is 1. The van der Waals surface area contributed by atoms with E-state index >= 15 is 0 Å². The quantitative estimate of drug-likeness (QED) is 0.486. The number of aromatic nitrogens is 3. The predicted octanol–water partition coefficient (Wildman–Crippen LogP) is 4.26. The number of H-pyrrole nitrogens is 2. The number of fused-ring (bicyclic) bond motifs is 2. The second-order valence-electron chi connectivity index (χ2n) is 9.66. The summed E-state index contributed by atoms with van der Waals surface area (Å²) in [5, 5.41) is 18.3. The van der Waals surface area contributed by atoms with Crippen LogP contribution in [0.25, 0.3) is 22.3 Å². The Labute approximate surface area is 195 Å². The van der Waals surface area contributed by atoms with Crippen molar-refractivity contribution < 1.29 is 14.6 Å². The molecule has 0 saturated carbocycles. The Bertz CT molecular complexity index is 1080. The molecule has 3 N–H and O–H groups in total. The summed E-state index contributed by atoms with van der Waals surface area (Å²) < 4.78 is 4.93. The van der Waals surface area contributed by atoms with Crippen molar-refractivity contribution in [1.82, 2.24) is 15.2 Å². The van der Waals surface area contributed by atoms with E-state index in [4.69, 9.17) is 9.84 Å². The minimum atomic E-state index is -0.0833. The van der Waals surface area contributed by atoms with Crippen LogP contribution in [0.4, 0.5) is 5.69 Å². The van der Waals surface area contributed by atoms with Crippen LogP contribution in [0.2, 0.25) is 0 Å². The number of anilines is 1. The van der Waals surface area contributed by atoms with Gasteiger partial charge in [-0.3, -0.25) is 5.10 Å². The fourth-order valence-corrected chi connectivity index (χ4v) is 4.75. The number of hydrogen-bond donors (Lipinski definition) is 3. The molecular formula is C26H36N4O3. The summed E-state index contributed by atoms with van der Waals surface area (Å²) in [5.41, 5.74) is 7.43. The van der Waals surface area contributed by atoms with E-state index in [1.54, 1.807) is 0 Å². The molecule has 0 spiro atoms. The van der Waals surface area contributed by atoms with Crippen LogP contribution in [-0.4, -0.2) is 59.5 Å². The molecule has 0 radical (unpaired) electrons. The fourth-order valence-electron chi connectivity index (χ4n) is 4.75. The molecule has 2 aromatic heterocycles. The molecular weight excluding hydrogens is 416 g/mol. The molecule has 0 bridgehead atoms. The summed E-state index contributed by atoms with van der Waals surface area (Å²) in [7, 11) is 2.00. The van der Waals surface area contributed by atoms with Crippen molar-refractivity contribution in [3.63, 3.8) is 0 Å². The highest BCUT2D eigenvalue weighted by molar-refractivity contribution is 5.88. The van der Waals surface area contributed by atoms with Gasteiger partial charge in [-0.15, -0.1) is 0 Å². The SMILES string of the molecule is CCC1(C)CCc2c(-c3cc4ccc(N(C)CCO)cc4[nH]3)n[nH]c2C1.O=CC1CCCO1. The molecule has 1 fully saturated rings. The van der Waals surface area contributed by atoms with E-state index in [9.17, 15) is 4.79 Å². The highest BCUT2D eigenvalue weighted by atomic mass is 16.5. The minimum Gasteiger partial charge on any atom is -0.395 e. The van der Waals surface area contributed by atoms with Crippen LogP contribution in [0, 0.1) is 5.41 Å². The summed E-state index contributed by atoms with van der Waals surface area (Å²) >= 11 is 0. The summed E-state index contributed by atoms with van der Waals surface area (Å²) in [6, 6.07) is 8.56. The first-order valence-corrected chi connectivity index (χ1v) is 12.0. The van der Waals surface area contributed by atoms with Crippen LogP contribution in [0.5, 0.6) is 0 Å². The van der Waals surface area contributed by atoms with Crippen molar-refractivity contribution in [3.8, 4) is 11.4 Å². The first kappa shape index (κ1) is 23.5. The molecule has 1 aliphatic carbocycles. The van der Waals surface area contributed by atoms with Gasteiger partial charge in [0.25, 0.3) is 0 Å². The van der Waals surface area contributed by atoms with Crippen molar-refractivity contribution in [2.24, 2.45) is 5.41 Å². The number of aliphatic hydroxyl groups excluding tert-OH is 1. The van der Waals surface area contributed by atoms with Gasteiger partial charge in [0.15, 0.2) is 0 Å². The zero-order chi connectivity index (χ0) is 23.4. The van der Waals surface area contributed by atoms with Crippen LogP contribution in [0.15, 0.2) is 24.3 Å². The van der Waals surface area contributed by atoms with E-state index in [2.05, 4.69) is 58.2 Å². The van der Waals surface area contributed by atoms with Crippen molar-refractivity contribution in [2.45, 2.75) is 58.5 Å². The summed E-state index contributed by atoms with van der Waals surface area (Å²) in [5.74, 6) is 0. The third kappa shape index (κ3) is 5.14. The Balaban J connectivity index is 0.000000318. The molecule has 1 aromatic carbocycles. The van der Waals surface area contributed by atoms with Gasteiger partial charge >= 0.3 is 0 Å². The van der Waals surface area contributed by atoms with Crippen molar-refractivity contribution in [1.29, 1.82) is 0 Å². The molecule has 7 nitrogen and oxygen atoms in total. The largest absolute Gasteiger partial charge is 0.395 e. The topological polar surface area (TPSA) is 94.2 Å². The highest BCUT2D eigenvalue weighted by Crippen LogP contribution is 2.40. The van der Waals surface area contributed by atoms with Gasteiger partial charge in [-0.2, -0.15) is 5.10 Å².